The molecule has 10 nitrogen and oxygen atoms in total. The fraction of sp³-hybridized carbons (Fsp3) is 0.456. The lowest BCUT2D eigenvalue weighted by atomic mass is 9.68. The Bertz CT molecular complexity index is 2640. The van der Waals surface area contributed by atoms with E-state index in [1.165, 1.54) is 22.3 Å². The van der Waals surface area contributed by atoms with Crippen molar-refractivity contribution in [3.63, 3.8) is 0 Å². The molecule has 3 aliphatic heterocycles. The molecule has 1 aromatic heterocycles. The lowest BCUT2D eigenvalue weighted by molar-refractivity contribution is -0.199. The zero-order valence-electron chi connectivity index (χ0n) is 39.0. The molecule has 4 aromatic carbocycles. The highest BCUT2D eigenvalue weighted by molar-refractivity contribution is 5.90. The Labute approximate surface area is 393 Å². The Hall–Kier alpha value is -5.55. The maximum atomic E-state index is 15.1. The van der Waals surface area contributed by atoms with Gasteiger partial charge in [-0.05, 0) is 141 Å². The highest BCUT2D eigenvalue weighted by Gasteiger charge is 2.57. The molecule has 5 aromatic rings. The molecule has 67 heavy (non-hydrogen) atoms. The number of methoxy groups -OCH3 is 1. The van der Waals surface area contributed by atoms with Crippen molar-refractivity contribution in [2.24, 2.45) is 11.8 Å². The van der Waals surface area contributed by atoms with Gasteiger partial charge in [-0.2, -0.15) is 0 Å². The number of carbonyl (C=O) groups is 2. The fourth-order valence-electron chi connectivity index (χ4n) is 11.8. The van der Waals surface area contributed by atoms with E-state index in [-0.39, 0.29) is 55.5 Å². The van der Waals surface area contributed by atoms with Gasteiger partial charge in [0, 0.05) is 48.5 Å². The zero-order chi connectivity index (χ0) is 46.7. The second-order valence-corrected chi connectivity index (χ2v) is 19.7. The maximum Gasteiger partial charge on any atom is 0.339 e. The molecule has 2 N–H and O–H groups in total. The van der Waals surface area contributed by atoms with Crippen LogP contribution >= 0.6 is 0 Å². The van der Waals surface area contributed by atoms with Crippen molar-refractivity contribution in [2.45, 2.75) is 126 Å². The number of hydrogen-bond acceptors (Lipinski definition) is 10. The smallest absolute Gasteiger partial charge is 0.339 e. The molecule has 2 bridgehead atoms. The van der Waals surface area contributed by atoms with Gasteiger partial charge in [-0.1, -0.05) is 91.7 Å². The number of rotatable bonds is 10. The van der Waals surface area contributed by atoms with Crippen LogP contribution in [0.5, 0.6) is 5.75 Å². The van der Waals surface area contributed by atoms with E-state index in [1.54, 1.807) is 20.1 Å². The minimum Gasteiger partial charge on any atom is -0.483 e. The minimum atomic E-state index is -1.20. The van der Waals surface area contributed by atoms with Gasteiger partial charge in [-0.3, -0.25) is 4.79 Å². The van der Waals surface area contributed by atoms with Crippen LogP contribution in [0.25, 0.3) is 11.0 Å². The second kappa shape index (κ2) is 20.4. The van der Waals surface area contributed by atoms with Crippen LogP contribution in [0.2, 0.25) is 0 Å². The summed E-state index contributed by atoms with van der Waals surface area (Å²) < 4.78 is 32.3. The van der Waals surface area contributed by atoms with Crippen LogP contribution in [-0.4, -0.2) is 60.8 Å². The highest BCUT2D eigenvalue weighted by Crippen LogP contribution is 2.53. The first-order valence-electron chi connectivity index (χ1n) is 24.4. The predicted octanol–water partition coefficient (Wildman–Crippen LogP) is 10.3. The van der Waals surface area contributed by atoms with E-state index >= 15 is 4.79 Å². The van der Waals surface area contributed by atoms with Gasteiger partial charge in [0.05, 0.1) is 18.8 Å². The molecule has 7 atom stereocenters. The van der Waals surface area contributed by atoms with Gasteiger partial charge in [-0.25, -0.2) is 9.59 Å². The van der Waals surface area contributed by atoms with E-state index in [9.17, 15) is 19.8 Å². The summed E-state index contributed by atoms with van der Waals surface area (Å²) in [6, 6.07) is 33.4. The summed E-state index contributed by atoms with van der Waals surface area (Å²) in [5, 5.41) is 20.9. The molecule has 0 amide bonds. The van der Waals surface area contributed by atoms with E-state index in [2.05, 4.69) is 72.8 Å². The summed E-state index contributed by atoms with van der Waals surface area (Å²) >= 11 is 0. The Morgan fingerprint density at radius 3 is 2.36 bits per heavy atom. The molecule has 5 aliphatic rings. The third kappa shape index (κ3) is 9.76. The van der Waals surface area contributed by atoms with Crippen molar-refractivity contribution >= 4 is 22.9 Å². The van der Waals surface area contributed by atoms with Crippen LogP contribution in [0.15, 0.2) is 117 Å². The average molecular weight is 909 g/mol. The molecule has 4 heterocycles. The molecule has 10 rings (SSSR count). The summed E-state index contributed by atoms with van der Waals surface area (Å²) in [4.78, 5) is 43.9. The van der Waals surface area contributed by atoms with Crippen LogP contribution in [0.1, 0.15) is 141 Å². The van der Waals surface area contributed by atoms with E-state index in [1.807, 2.05) is 25.1 Å². The molecule has 7 unspecified atom stereocenters. The van der Waals surface area contributed by atoms with Gasteiger partial charge in [-0.15, -0.1) is 0 Å². The van der Waals surface area contributed by atoms with Crippen molar-refractivity contribution in [3.8, 4) is 5.75 Å². The Morgan fingerprint density at radius 2 is 1.61 bits per heavy atom. The van der Waals surface area contributed by atoms with E-state index in [4.69, 9.17) is 23.4 Å². The van der Waals surface area contributed by atoms with Gasteiger partial charge in [0.25, 0.3) is 0 Å². The Balaban J connectivity index is 1.15. The van der Waals surface area contributed by atoms with Crippen LogP contribution in [-0.2, 0) is 36.6 Å². The molecular formula is C57H64O10. The van der Waals surface area contributed by atoms with Gasteiger partial charge in [0.1, 0.15) is 16.9 Å². The quantitative estimate of drug-likeness (QED) is 0.0790. The van der Waals surface area contributed by atoms with Gasteiger partial charge < -0.3 is 33.6 Å². The lowest BCUT2D eigenvalue weighted by Crippen LogP contribution is -2.58. The molecule has 352 valence electrons. The summed E-state index contributed by atoms with van der Waals surface area (Å²) in [5.74, 6) is -0.855. The molecule has 2 fully saturated rings. The van der Waals surface area contributed by atoms with Gasteiger partial charge in [0.15, 0.2) is 12.2 Å². The lowest BCUT2D eigenvalue weighted by Gasteiger charge is -2.48. The van der Waals surface area contributed by atoms with Crippen molar-refractivity contribution in [3.05, 3.63) is 158 Å². The predicted molar refractivity (Wildman–Crippen MR) is 256 cm³/mol. The van der Waals surface area contributed by atoms with Crippen molar-refractivity contribution in [2.75, 3.05) is 26.9 Å². The molecule has 2 saturated carbocycles. The fourth-order valence-corrected chi connectivity index (χ4v) is 11.8. The number of esters is 2. The SMILES string of the molecule is COCC(CCO)c1cc2ccc3c(c2oc1=O)C1OC(=O)CC2CC(c4cccc(Cc5ccccc5)c4)CCC2c2ccc(cc2)CCC(=C(C)CO)C(=O)OC1C(C)(C1CCCC1)O3. The highest BCUT2D eigenvalue weighted by atomic mass is 16.6. The van der Waals surface area contributed by atoms with Crippen molar-refractivity contribution in [1.82, 2.24) is 0 Å². The molecular weight excluding hydrogens is 845 g/mol. The van der Waals surface area contributed by atoms with Gasteiger partial charge >= 0.3 is 17.6 Å². The van der Waals surface area contributed by atoms with Crippen LogP contribution in [0, 0.1) is 11.8 Å². The Kier molecular flexibility index (Phi) is 14.1. The summed E-state index contributed by atoms with van der Waals surface area (Å²) in [6.45, 7) is 3.42. The maximum absolute atomic E-state index is 15.1. The monoisotopic (exact) mass is 908 g/mol. The topological polar surface area (TPSA) is 142 Å². The first-order valence-corrected chi connectivity index (χ1v) is 24.4. The number of fused-ring (bicyclic) bond motifs is 11. The number of hydrogen-bond donors (Lipinski definition) is 2. The molecule has 0 saturated heterocycles. The van der Waals surface area contributed by atoms with E-state index < -0.39 is 41.3 Å². The van der Waals surface area contributed by atoms with Crippen molar-refractivity contribution in [1.29, 1.82) is 0 Å². The van der Waals surface area contributed by atoms with Crippen LogP contribution in [0.3, 0.4) is 0 Å². The molecule has 0 radical (unpaired) electrons. The minimum absolute atomic E-state index is 0.0471. The van der Waals surface area contributed by atoms with Gasteiger partial charge in [0.2, 0.25) is 0 Å². The molecule has 2 aliphatic carbocycles. The molecule has 0 spiro atoms. The number of carbonyl (C=O) groups excluding carboxylic acids is 2. The standard InChI is InChI=1S/C57H64O10/c1-35(33-59)46-23-18-36-16-19-39(20-17-36)47-24-21-41(40-13-9-12-38(29-40)28-37-10-5-4-6-11-37)30-44(47)32-50(60)64-53-51-49(67-57(2,45-14-7-8-15-45)54(53)66-55(46)61)25-22-42-31-48(56(62)65-52(42)51)43(26-27-58)34-63-3/h4-6,9-13,16-17,19-20,22,25,29,31,41,43-45,47,53-54,58-59H,7-8,14-15,18,21,23-24,26-28,30,32-34H2,1-3H3. The number of aliphatic hydroxyl groups excluding tert-OH is 2. The number of benzene rings is 4. The molecule has 10 heteroatoms. The largest absolute Gasteiger partial charge is 0.483 e. The Morgan fingerprint density at radius 1 is 0.836 bits per heavy atom. The zero-order valence-corrected chi connectivity index (χ0v) is 39.0. The summed E-state index contributed by atoms with van der Waals surface area (Å²) in [5.41, 5.74) is 6.01. The summed E-state index contributed by atoms with van der Waals surface area (Å²) in [6.07, 6.45) is 6.04. The third-order valence-corrected chi connectivity index (χ3v) is 15.5. The average Bonchev–Trinajstić information content (AvgIpc) is 3.89. The third-order valence-electron chi connectivity index (χ3n) is 15.5. The number of aliphatic hydroxyl groups is 2. The van der Waals surface area contributed by atoms with Crippen molar-refractivity contribution < 1.29 is 43.2 Å². The van der Waals surface area contributed by atoms with E-state index in [0.717, 1.165) is 56.9 Å². The van der Waals surface area contributed by atoms with E-state index in [0.29, 0.717) is 52.7 Å². The summed E-state index contributed by atoms with van der Waals surface area (Å²) in [7, 11) is 1.55. The number of ether oxygens (including phenoxy) is 4. The number of aryl methyl sites for hydroxylation is 1. The first-order chi connectivity index (χ1) is 32.6. The first kappa shape index (κ1) is 46.6. The second-order valence-electron chi connectivity index (χ2n) is 19.7. The normalized spacial score (nSPS) is 25.9. The van der Waals surface area contributed by atoms with Crippen LogP contribution < -0.4 is 10.4 Å². The van der Waals surface area contributed by atoms with Crippen LogP contribution in [0.4, 0.5) is 0 Å².